The van der Waals surface area contributed by atoms with Gasteiger partial charge in [0.25, 0.3) is 0 Å². The van der Waals surface area contributed by atoms with Gasteiger partial charge in [0.05, 0.1) is 11.1 Å². The topological polar surface area (TPSA) is 74.6 Å². The van der Waals surface area contributed by atoms with Crippen molar-refractivity contribution in [3.63, 3.8) is 0 Å². The predicted molar refractivity (Wildman–Crippen MR) is 98.7 cm³/mol. The van der Waals surface area contributed by atoms with E-state index in [2.05, 4.69) is 27.7 Å². The number of rotatable bonds is 2. The summed E-state index contributed by atoms with van der Waals surface area (Å²) in [6, 6.07) is 16.6. The standard InChI is InChI=1S/2C7H6O2.2C3H8/c2*8-7(9)6-4-2-1-3-5-6;2*1-3-2/h2*1-5H,(H,8,9);2*3H2,1-2H3. The zero-order chi connectivity index (χ0) is 18.8. The van der Waals surface area contributed by atoms with Gasteiger partial charge < -0.3 is 10.2 Å². The molecule has 0 bridgehead atoms. The third-order valence-electron chi connectivity index (χ3n) is 2.04. The van der Waals surface area contributed by atoms with Crippen LogP contribution in [0.25, 0.3) is 0 Å². The molecule has 2 aromatic carbocycles. The molecule has 0 amide bonds. The second-order valence-corrected chi connectivity index (χ2v) is 4.76. The number of carboxylic acids is 2. The molecule has 0 aliphatic carbocycles. The molecule has 0 saturated carbocycles. The summed E-state index contributed by atoms with van der Waals surface area (Å²) < 4.78 is 0. The highest BCUT2D eigenvalue weighted by Crippen LogP contribution is 1.96. The monoisotopic (exact) mass is 332 g/mol. The molecule has 4 nitrogen and oxygen atoms in total. The lowest BCUT2D eigenvalue weighted by molar-refractivity contribution is 0.0686. The Labute approximate surface area is 144 Å². The van der Waals surface area contributed by atoms with Crippen molar-refractivity contribution in [3.8, 4) is 0 Å². The van der Waals surface area contributed by atoms with Gasteiger partial charge in [0, 0.05) is 0 Å². The summed E-state index contributed by atoms with van der Waals surface area (Å²) in [5.74, 6) is -1.76. The summed E-state index contributed by atoms with van der Waals surface area (Å²) >= 11 is 0. The number of hydrogen-bond donors (Lipinski definition) is 2. The van der Waals surface area contributed by atoms with E-state index in [9.17, 15) is 9.59 Å². The average Bonchev–Trinajstić information content (AvgIpc) is 2.58. The maximum absolute atomic E-state index is 10.2. The van der Waals surface area contributed by atoms with Crippen molar-refractivity contribution in [2.24, 2.45) is 0 Å². The van der Waals surface area contributed by atoms with Crippen LogP contribution >= 0.6 is 0 Å². The normalized spacial score (nSPS) is 8.17. The second-order valence-electron chi connectivity index (χ2n) is 4.76. The van der Waals surface area contributed by atoms with E-state index in [1.807, 2.05) is 0 Å². The van der Waals surface area contributed by atoms with Crippen molar-refractivity contribution >= 4 is 11.9 Å². The number of carbonyl (C=O) groups is 2. The fourth-order valence-corrected chi connectivity index (χ4v) is 1.16. The number of carboxylic acid groups (broad SMARTS) is 2. The van der Waals surface area contributed by atoms with Gasteiger partial charge in [0.2, 0.25) is 0 Å². The van der Waals surface area contributed by atoms with Gasteiger partial charge in [-0.15, -0.1) is 0 Å². The summed E-state index contributed by atoms with van der Waals surface area (Å²) in [6.45, 7) is 8.50. The Morgan fingerprint density at radius 1 is 0.625 bits per heavy atom. The van der Waals surface area contributed by atoms with Gasteiger partial charge in [0.1, 0.15) is 0 Å². The minimum Gasteiger partial charge on any atom is -0.478 e. The highest BCUT2D eigenvalue weighted by Gasteiger charge is 1.97. The highest BCUT2D eigenvalue weighted by molar-refractivity contribution is 5.87. The molecule has 2 N–H and O–H groups in total. The maximum Gasteiger partial charge on any atom is 0.335 e. The maximum atomic E-state index is 10.2. The van der Waals surface area contributed by atoms with Crippen molar-refractivity contribution in [2.45, 2.75) is 40.5 Å². The quantitative estimate of drug-likeness (QED) is 0.750. The van der Waals surface area contributed by atoms with Crippen molar-refractivity contribution in [1.82, 2.24) is 0 Å². The minimum absolute atomic E-state index is 0.331. The van der Waals surface area contributed by atoms with Gasteiger partial charge in [-0.2, -0.15) is 0 Å². The van der Waals surface area contributed by atoms with E-state index in [4.69, 9.17) is 10.2 Å². The van der Waals surface area contributed by atoms with Gasteiger partial charge in [0.15, 0.2) is 0 Å². The van der Waals surface area contributed by atoms with Crippen molar-refractivity contribution in [1.29, 1.82) is 0 Å². The summed E-state index contributed by atoms with van der Waals surface area (Å²) in [6.07, 6.45) is 2.50. The third-order valence-corrected chi connectivity index (χ3v) is 2.04. The molecule has 24 heavy (non-hydrogen) atoms. The Morgan fingerprint density at radius 3 is 0.958 bits per heavy atom. The lowest BCUT2D eigenvalue weighted by atomic mass is 10.2. The van der Waals surface area contributed by atoms with Crippen LogP contribution in [0, 0.1) is 0 Å². The minimum atomic E-state index is -0.879. The average molecular weight is 332 g/mol. The SMILES string of the molecule is CCC.CCC.O=C(O)c1ccccc1.O=C(O)c1ccccc1. The zero-order valence-electron chi connectivity index (χ0n) is 14.9. The molecule has 0 radical (unpaired) electrons. The zero-order valence-corrected chi connectivity index (χ0v) is 14.9. The Morgan fingerprint density at radius 2 is 0.833 bits per heavy atom. The molecule has 132 valence electrons. The molecule has 0 atom stereocenters. The van der Waals surface area contributed by atoms with Crippen molar-refractivity contribution < 1.29 is 19.8 Å². The van der Waals surface area contributed by atoms with Crippen LogP contribution in [0.4, 0.5) is 0 Å². The lowest BCUT2D eigenvalue weighted by Gasteiger charge is -1.88. The molecule has 0 unspecified atom stereocenters. The van der Waals surface area contributed by atoms with E-state index in [1.54, 1.807) is 60.7 Å². The van der Waals surface area contributed by atoms with E-state index in [0.717, 1.165) is 0 Å². The Hall–Kier alpha value is -2.62. The van der Waals surface area contributed by atoms with Crippen LogP contribution in [0.2, 0.25) is 0 Å². The van der Waals surface area contributed by atoms with Gasteiger partial charge in [-0.3, -0.25) is 0 Å². The largest absolute Gasteiger partial charge is 0.478 e. The van der Waals surface area contributed by atoms with Gasteiger partial charge in [-0.05, 0) is 24.3 Å². The first-order valence-corrected chi connectivity index (χ1v) is 8.01. The van der Waals surface area contributed by atoms with Crippen molar-refractivity contribution in [2.75, 3.05) is 0 Å². The number of aromatic carboxylic acids is 2. The van der Waals surface area contributed by atoms with E-state index >= 15 is 0 Å². The Kier molecular flexibility index (Phi) is 16.5. The number of hydrogen-bond acceptors (Lipinski definition) is 2. The van der Waals surface area contributed by atoms with Crippen molar-refractivity contribution in [3.05, 3.63) is 71.8 Å². The molecule has 0 spiro atoms. The van der Waals surface area contributed by atoms with E-state index < -0.39 is 11.9 Å². The Bertz CT molecular complexity index is 485. The fraction of sp³-hybridized carbons (Fsp3) is 0.300. The van der Waals surface area contributed by atoms with Gasteiger partial charge >= 0.3 is 11.9 Å². The molecule has 0 saturated heterocycles. The van der Waals surface area contributed by atoms with E-state index in [-0.39, 0.29) is 0 Å². The smallest absolute Gasteiger partial charge is 0.335 e. The molecule has 0 heterocycles. The first-order chi connectivity index (χ1) is 11.4. The van der Waals surface area contributed by atoms with Crippen LogP contribution in [0.15, 0.2) is 60.7 Å². The summed E-state index contributed by atoms with van der Waals surface area (Å²) in [5.41, 5.74) is 0.662. The fourth-order valence-electron chi connectivity index (χ4n) is 1.16. The molecule has 4 heteroatoms. The first kappa shape index (κ1) is 23.6. The first-order valence-electron chi connectivity index (χ1n) is 8.01. The lowest BCUT2D eigenvalue weighted by Crippen LogP contribution is -1.93. The van der Waals surface area contributed by atoms with E-state index in [0.29, 0.717) is 11.1 Å². The molecular weight excluding hydrogens is 304 g/mol. The molecule has 2 rings (SSSR count). The van der Waals surface area contributed by atoms with Crippen LogP contribution in [0.3, 0.4) is 0 Å². The van der Waals surface area contributed by atoms with Crippen LogP contribution in [-0.4, -0.2) is 22.2 Å². The summed E-state index contributed by atoms with van der Waals surface area (Å²) in [7, 11) is 0. The summed E-state index contributed by atoms with van der Waals surface area (Å²) in [5, 5.41) is 16.8. The summed E-state index contributed by atoms with van der Waals surface area (Å²) in [4.78, 5) is 20.4. The van der Waals surface area contributed by atoms with E-state index in [1.165, 1.54) is 12.8 Å². The van der Waals surface area contributed by atoms with Crippen LogP contribution in [0.5, 0.6) is 0 Å². The number of benzene rings is 2. The second kappa shape index (κ2) is 16.7. The Balaban J connectivity index is 0. The van der Waals surface area contributed by atoms with Gasteiger partial charge in [-0.1, -0.05) is 76.9 Å². The molecule has 2 aromatic rings. The predicted octanol–water partition coefficient (Wildman–Crippen LogP) is 5.60. The molecule has 0 aliphatic heterocycles. The molecule has 0 aromatic heterocycles. The van der Waals surface area contributed by atoms with Crippen LogP contribution < -0.4 is 0 Å². The van der Waals surface area contributed by atoms with Crippen LogP contribution in [0.1, 0.15) is 61.3 Å². The van der Waals surface area contributed by atoms with Gasteiger partial charge in [-0.25, -0.2) is 9.59 Å². The molecule has 0 fully saturated rings. The molecule has 0 aliphatic rings. The highest BCUT2D eigenvalue weighted by atomic mass is 16.4. The third kappa shape index (κ3) is 14.3. The molecular formula is C20H28O4. The van der Waals surface area contributed by atoms with Crippen LogP contribution in [-0.2, 0) is 0 Å².